The number of nitrogens with one attached hydrogen (secondary N) is 1. The second-order valence-electron chi connectivity index (χ2n) is 8.97. The average molecular weight is 556 g/mol. The zero-order valence-corrected chi connectivity index (χ0v) is 21.7. The third kappa shape index (κ3) is 5.24. The molecule has 2 atom stereocenters. The zero-order valence-electron chi connectivity index (χ0n) is 18.5. The van der Waals surface area contributed by atoms with Crippen LogP contribution < -0.4 is 5.32 Å². The molecule has 3 aliphatic rings. The van der Waals surface area contributed by atoms with E-state index in [1.807, 2.05) is 18.5 Å². The molecule has 7 nitrogen and oxygen atoms in total. The standard InChI is InChI=1S/C22H33N7S.HI/c1-16-25-26-21(27(16)2)14-24-22(23-13-19-6-4-12-30-19)28-11-9-20-17(15-28)5-3-10-29(20)18-7-8-18;/h4,6,12,17-18,20H,3,5,7-11,13-15H2,1-2H3,(H,23,24);1H. The number of hydrogen-bond donors (Lipinski definition) is 1. The Hall–Kier alpha value is -1.20. The van der Waals surface area contributed by atoms with Gasteiger partial charge in [0.1, 0.15) is 12.4 Å². The van der Waals surface area contributed by atoms with Gasteiger partial charge < -0.3 is 14.8 Å². The lowest BCUT2D eigenvalue weighted by molar-refractivity contribution is 0.0369. The third-order valence-electron chi connectivity index (χ3n) is 6.98. The molecule has 9 heteroatoms. The Balaban J connectivity index is 0.00000231. The van der Waals surface area contributed by atoms with Gasteiger partial charge in [0.25, 0.3) is 0 Å². The molecule has 170 valence electrons. The monoisotopic (exact) mass is 555 g/mol. The van der Waals surface area contributed by atoms with Crippen LogP contribution in [0.15, 0.2) is 22.5 Å². The van der Waals surface area contributed by atoms with E-state index >= 15 is 0 Å². The van der Waals surface area contributed by atoms with Gasteiger partial charge in [-0.3, -0.25) is 4.90 Å². The van der Waals surface area contributed by atoms with Crippen molar-refractivity contribution in [3.05, 3.63) is 34.0 Å². The first-order chi connectivity index (χ1) is 14.7. The van der Waals surface area contributed by atoms with E-state index in [1.54, 1.807) is 11.3 Å². The van der Waals surface area contributed by atoms with Gasteiger partial charge in [-0.05, 0) is 62.9 Å². The molecule has 2 unspecified atom stereocenters. The molecule has 2 aromatic heterocycles. The predicted molar refractivity (Wildman–Crippen MR) is 136 cm³/mol. The number of aliphatic imine (C=N–C) groups is 1. The summed E-state index contributed by atoms with van der Waals surface area (Å²) in [6, 6.07) is 5.96. The highest BCUT2D eigenvalue weighted by molar-refractivity contribution is 14.0. The average Bonchev–Trinajstić information content (AvgIpc) is 3.39. The van der Waals surface area contributed by atoms with E-state index in [-0.39, 0.29) is 24.0 Å². The number of fused-ring (bicyclic) bond motifs is 1. The smallest absolute Gasteiger partial charge is 0.194 e. The third-order valence-corrected chi connectivity index (χ3v) is 7.86. The maximum atomic E-state index is 4.99. The molecule has 0 spiro atoms. The number of hydrogen-bond acceptors (Lipinski definition) is 5. The fraction of sp³-hybridized carbons (Fsp3) is 0.682. The Morgan fingerprint density at radius 2 is 2.10 bits per heavy atom. The first-order valence-electron chi connectivity index (χ1n) is 11.4. The van der Waals surface area contributed by atoms with Gasteiger partial charge in [0.05, 0.1) is 6.54 Å². The summed E-state index contributed by atoms with van der Waals surface area (Å²) in [6.45, 7) is 6.88. The van der Waals surface area contributed by atoms with Gasteiger partial charge in [0.2, 0.25) is 0 Å². The molecule has 31 heavy (non-hydrogen) atoms. The molecule has 0 radical (unpaired) electrons. The van der Waals surface area contributed by atoms with Gasteiger partial charge in [-0.1, -0.05) is 6.07 Å². The minimum Gasteiger partial charge on any atom is -0.351 e. The van der Waals surface area contributed by atoms with Gasteiger partial charge in [0, 0.05) is 37.1 Å². The summed E-state index contributed by atoms with van der Waals surface area (Å²) in [7, 11) is 2.01. The van der Waals surface area contributed by atoms with Crippen molar-refractivity contribution >= 4 is 41.3 Å². The van der Waals surface area contributed by atoms with Crippen molar-refractivity contribution in [2.45, 2.75) is 64.2 Å². The first-order valence-corrected chi connectivity index (χ1v) is 12.2. The van der Waals surface area contributed by atoms with Crippen molar-refractivity contribution in [2.75, 3.05) is 19.6 Å². The van der Waals surface area contributed by atoms with E-state index in [2.05, 4.69) is 42.8 Å². The van der Waals surface area contributed by atoms with Crippen molar-refractivity contribution in [1.82, 2.24) is 29.9 Å². The van der Waals surface area contributed by atoms with Crippen LogP contribution in [0.25, 0.3) is 0 Å². The van der Waals surface area contributed by atoms with Crippen LogP contribution in [0.2, 0.25) is 0 Å². The molecule has 5 rings (SSSR count). The van der Waals surface area contributed by atoms with Crippen LogP contribution in [-0.2, 0) is 20.1 Å². The molecular formula is C22H34IN7S. The number of nitrogens with zero attached hydrogens (tertiary/aromatic N) is 6. The summed E-state index contributed by atoms with van der Waals surface area (Å²) in [4.78, 5) is 11.7. The molecule has 1 saturated carbocycles. The maximum absolute atomic E-state index is 4.99. The van der Waals surface area contributed by atoms with Crippen molar-refractivity contribution in [3.63, 3.8) is 0 Å². The molecule has 2 aliphatic heterocycles. The highest BCUT2D eigenvalue weighted by atomic mass is 127. The molecule has 0 aromatic carbocycles. The summed E-state index contributed by atoms with van der Waals surface area (Å²) in [5.41, 5.74) is 0. The van der Waals surface area contributed by atoms with Crippen LogP contribution in [0.3, 0.4) is 0 Å². The second kappa shape index (κ2) is 10.2. The molecule has 1 aliphatic carbocycles. The lowest BCUT2D eigenvalue weighted by atomic mass is 9.83. The van der Waals surface area contributed by atoms with Crippen molar-refractivity contribution in [1.29, 1.82) is 0 Å². The van der Waals surface area contributed by atoms with Crippen molar-refractivity contribution < 1.29 is 0 Å². The normalized spacial score (nSPS) is 24.6. The Bertz CT molecular complexity index is 877. The number of aryl methyl sites for hydroxylation is 1. The highest BCUT2D eigenvalue weighted by Crippen LogP contribution is 2.38. The summed E-state index contributed by atoms with van der Waals surface area (Å²) in [5.74, 6) is 3.62. The summed E-state index contributed by atoms with van der Waals surface area (Å²) >= 11 is 1.79. The molecule has 2 aromatic rings. The number of guanidine groups is 1. The quantitative estimate of drug-likeness (QED) is 0.348. The minimum absolute atomic E-state index is 0. The van der Waals surface area contributed by atoms with Crippen LogP contribution >= 0.6 is 35.3 Å². The van der Waals surface area contributed by atoms with Gasteiger partial charge in [0.15, 0.2) is 11.8 Å². The van der Waals surface area contributed by atoms with E-state index in [9.17, 15) is 0 Å². The number of thiophene rings is 1. The van der Waals surface area contributed by atoms with Crippen LogP contribution in [0.1, 0.15) is 48.6 Å². The summed E-state index contributed by atoms with van der Waals surface area (Å²) < 4.78 is 2.03. The van der Waals surface area contributed by atoms with Gasteiger partial charge >= 0.3 is 0 Å². The second-order valence-corrected chi connectivity index (χ2v) is 10.0. The summed E-state index contributed by atoms with van der Waals surface area (Å²) in [5, 5.41) is 14.3. The van der Waals surface area contributed by atoms with Crippen molar-refractivity contribution in [2.24, 2.45) is 18.0 Å². The lowest BCUT2D eigenvalue weighted by Gasteiger charge is -2.48. The Morgan fingerprint density at radius 3 is 2.81 bits per heavy atom. The largest absolute Gasteiger partial charge is 0.351 e. The lowest BCUT2D eigenvalue weighted by Crippen LogP contribution is -2.57. The molecular weight excluding hydrogens is 521 g/mol. The van der Waals surface area contributed by atoms with E-state index in [4.69, 9.17) is 4.99 Å². The molecule has 3 fully saturated rings. The van der Waals surface area contributed by atoms with Gasteiger partial charge in [-0.25, -0.2) is 4.99 Å². The van der Waals surface area contributed by atoms with E-state index < -0.39 is 0 Å². The molecule has 4 heterocycles. The number of likely N-dealkylation sites (tertiary alicyclic amines) is 2. The van der Waals surface area contributed by atoms with Crippen LogP contribution in [-0.4, -0.2) is 62.2 Å². The SMILES string of the molecule is Cc1nnc(CN=C(NCc2cccs2)N2CCC3C(CCCN3C3CC3)C2)n1C.I. The maximum Gasteiger partial charge on any atom is 0.194 e. The van der Waals surface area contributed by atoms with Gasteiger partial charge in [-0.2, -0.15) is 0 Å². The Morgan fingerprint density at radius 1 is 1.23 bits per heavy atom. The molecule has 2 saturated heterocycles. The fourth-order valence-electron chi connectivity index (χ4n) is 5.08. The molecule has 0 amide bonds. The highest BCUT2D eigenvalue weighted by Gasteiger charge is 2.42. The Kier molecular flexibility index (Phi) is 7.53. The van der Waals surface area contributed by atoms with Crippen LogP contribution in [0.4, 0.5) is 0 Å². The predicted octanol–water partition coefficient (Wildman–Crippen LogP) is 3.40. The Labute approximate surface area is 206 Å². The number of aromatic nitrogens is 3. The summed E-state index contributed by atoms with van der Waals surface area (Å²) in [6.07, 6.45) is 6.78. The minimum atomic E-state index is 0. The van der Waals surface area contributed by atoms with Gasteiger partial charge in [-0.15, -0.1) is 45.5 Å². The first kappa shape index (κ1) is 23.0. The van der Waals surface area contributed by atoms with E-state index in [1.165, 1.54) is 43.5 Å². The van der Waals surface area contributed by atoms with Crippen LogP contribution in [0.5, 0.6) is 0 Å². The number of halogens is 1. The van der Waals surface area contributed by atoms with E-state index in [0.29, 0.717) is 6.54 Å². The number of piperidine rings is 2. The van der Waals surface area contributed by atoms with Crippen molar-refractivity contribution in [3.8, 4) is 0 Å². The molecule has 1 N–H and O–H groups in total. The zero-order chi connectivity index (χ0) is 20.5. The number of rotatable bonds is 5. The van der Waals surface area contributed by atoms with Crippen LogP contribution in [0, 0.1) is 12.8 Å². The van der Waals surface area contributed by atoms with E-state index in [0.717, 1.165) is 55.2 Å². The fourth-order valence-corrected chi connectivity index (χ4v) is 5.72. The topological polar surface area (TPSA) is 61.6 Å². The molecule has 0 bridgehead atoms.